The van der Waals surface area contributed by atoms with Crippen LogP contribution >= 0.6 is 11.6 Å². The van der Waals surface area contributed by atoms with Crippen molar-refractivity contribution in [3.05, 3.63) is 41.2 Å². The Morgan fingerprint density at radius 1 is 1.17 bits per heavy atom. The molecule has 2 fully saturated rings. The van der Waals surface area contributed by atoms with Crippen molar-refractivity contribution in [3.63, 3.8) is 0 Å². The summed E-state index contributed by atoms with van der Waals surface area (Å²) in [6, 6.07) is 8.01. The van der Waals surface area contributed by atoms with E-state index in [2.05, 4.69) is 41.2 Å². The third-order valence-electron chi connectivity index (χ3n) is 6.79. The van der Waals surface area contributed by atoms with E-state index < -0.39 is 0 Å². The van der Waals surface area contributed by atoms with E-state index in [1.165, 1.54) is 57.5 Å². The van der Waals surface area contributed by atoms with Crippen molar-refractivity contribution in [1.29, 1.82) is 0 Å². The number of hydrogen-bond acceptors (Lipinski definition) is 4. The number of aromatic nitrogens is 2. The molecule has 1 saturated carbocycles. The molecule has 0 bridgehead atoms. The predicted molar refractivity (Wildman–Crippen MR) is 121 cm³/mol. The summed E-state index contributed by atoms with van der Waals surface area (Å²) < 4.78 is 13.5. The molecule has 1 aromatic carbocycles. The highest BCUT2D eigenvalue weighted by Crippen LogP contribution is 2.59. The number of rotatable bonds is 6. The first kappa shape index (κ1) is 21.5. The lowest BCUT2D eigenvalue weighted by atomic mass is 9.88. The molecule has 1 unspecified atom stereocenters. The Labute approximate surface area is 184 Å². The van der Waals surface area contributed by atoms with Gasteiger partial charge in [0, 0.05) is 12.1 Å². The molecule has 30 heavy (non-hydrogen) atoms. The number of halogens is 2. The van der Waals surface area contributed by atoms with E-state index in [1.54, 1.807) is 6.07 Å². The van der Waals surface area contributed by atoms with Crippen LogP contribution in [-0.2, 0) is 0 Å². The van der Waals surface area contributed by atoms with Crippen LogP contribution in [0.25, 0.3) is 11.3 Å². The lowest BCUT2D eigenvalue weighted by molar-refractivity contribution is 0.147. The third-order valence-corrected chi connectivity index (χ3v) is 7.12. The Morgan fingerprint density at radius 3 is 2.60 bits per heavy atom. The number of nitrogens with zero attached hydrogens (tertiary/aromatic N) is 3. The van der Waals surface area contributed by atoms with Crippen LogP contribution < -0.4 is 5.32 Å². The maximum atomic E-state index is 13.5. The number of anilines is 1. The van der Waals surface area contributed by atoms with Crippen LogP contribution in [0.5, 0.6) is 0 Å². The molecule has 162 valence electrons. The quantitative estimate of drug-likeness (QED) is 0.620. The van der Waals surface area contributed by atoms with Crippen molar-refractivity contribution in [2.75, 3.05) is 31.5 Å². The van der Waals surface area contributed by atoms with Crippen LogP contribution in [0, 0.1) is 22.6 Å². The number of nitrogens with one attached hydrogen (secondary N) is 1. The smallest absolute Gasteiger partial charge is 0.148 e. The fourth-order valence-corrected chi connectivity index (χ4v) is 4.75. The molecule has 1 atom stereocenters. The van der Waals surface area contributed by atoms with Gasteiger partial charge in [0.1, 0.15) is 11.6 Å². The summed E-state index contributed by atoms with van der Waals surface area (Å²) in [7, 11) is 0. The van der Waals surface area contributed by atoms with Crippen LogP contribution in [-0.4, -0.2) is 41.3 Å². The maximum Gasteiger partial charge on any atom is 0.148 e. The first-order chi connectivity index (χ1) is 14.2. The molecule has 1 aliphatic carbocycles. The van der Waals surface area contributed by atoms with Crippen molar-refractivity contribution in [2.45, 2.75) is 46.5 Å². The normalized spacial score (nSPS) is 21.0. The molecule has 4 rings (SSSR count). The summed E-state index contributed by atoms with van der Waals surface area (Å²) in [6.07, 6.45) is 5.20. The largest absolute Gasteiger partial charge is 0.368 e. The SMILES string of the molecule is CC(C)(C)CCN1CCC2(CC1)CC2CNc1ccc(-c2cc(F)ccc2Cl)nn1. The van der Waals surface area contributed by atoms with E-state index in [-0.39, 0.29) is 5.82 Å². The predicted octanol–water partition coefficient (Wildman–Crippen LogP) is 5.89. The van der Waals surface area contributed by atoms with E-state index in [0.717, 1.165) is 18.3 Å². The molecule has 2 aromatic rings. The number of benzene rings is 1. The molecule has 0 amide bonds. The minimum atomic E-state index is -0.332. The number of piperidine rings is 1. The summed E-state index contributed by atoms with van der Waals surface area (Å²) in [4.78, 5) is 2.64. The van der Waals surface area contributed by atoms with Gasteiger partial charge < -0.3 is 10.2 Å². The Hall–Kier alpha value is -1.72. The minimum absolute atomic E-state index is 0.332. The molecule has 2 heterocycles. The van der Waals surface area contributed by atoms with E-state index in [9.17, 15) is 4.39 Å². The zero-order valence-corrected chi connectivity index (χ0v) is 19.0. The Bertz CT molecular complexity index is 870. The molecule has 1 N–H and O–H groups in total. The van der Waals surface area contributed by atoms with Gasteiger partial charge in [0.25, 0.3) is 0 Å². The standard InChI is InChI=1S/C24H32ClFN4/c1-23(2,3)8-11-30-12-9-24(10-13-30)15-17(24)16-27-22-7-6-21(28-29-22)19-14-18(26)4-5-20(19)25/h4-7,14,17H,8-13,15-16H2,1-3H3,(H,27,29). The minimum Gasteiger partial charge on any atom is -0.368 e. The van der Waals surface area contributed by atoms with Crippen LogP contribution in [0.15, 0.2) is 30.3 Å². The van der Waals surface area contributed by atoms with Gasteiger partial charge in [0.15, 0.2) is 0 Å². The average molecular weight is 431 g/mol. The van der Waals surface area contributed by atoms with Crippen molar-refractivity contribution < 1.29 is 4.39 Å². The lowest BCUT2D eigenvalue weighted by Gasteiger charge is -2.34. The van der Waals surface area contributed by atoms with Gasteiger partial charge in [0.2, 0.25) is 0 Å². The molecule has 1 aliphatic heterocycles. The van der Waals surface area contributed by atoms with Gasteiger partial charge in [-0.05, 0) is 92.4 Å². The first-order valence-electron chi connectivity index (χ1n) is 11.0. The van der Waals surface area contributed by atoms with E-state index >= 15 is 0 Å². The molecule has 6 heteroatoms. The third kappa shape index (κ3) is 5.12. The summed E-state index contributed by atoms with van der Waals surface area (Å²) >= 11 is 6.16. The van der Waals surface area contributed by atoms with Crippen LogP contribution in [0.4, 0.5) is 10.2 Å². The lowest BCUT2D eigenvalue weighted by Crippen LogP contribution is -2.37. The van der Waals surface area contributed by atoms with Gasteiger partial charge >= 0.3 is 0 Å². The molecular formula is C24H32ClFN4. The monoisotopic (exact) mass is 430 g/mol. The van der Waals surface area contributed by atoms with Crippen LogP contribution in [0.2, 0.25) is 5.02 Å². The van der Waals surface area contributed by atoms with Crippen LogP contribution in [0.1, 0.15) is 46.5 Å². The second kappa shape index (κ2) is 8.43. The fraction of sp³-hybridized carbons (Fsp3) is 0.583. The highest BCUT2D eigenvalue weighted by Gasteiger charge is 2.54. The number of likely N-dealkylation sites (tertiary alicyclic amines) is 1. The first-order valence-corrected chi connectivity index (χ1v) is 11.4. The van der Waals surface area contributed by atoms with Crippen molar-refractivity contribution >= 4 is 17.4 Å². The zero-order chi connectivity index (χ0) is 21.4. The topological polar surface area (TPSA) is 41.0 Å². The highest BCUT2D eigenvalue weighted by molar-refractivity contribution is 6.33. The number of hydrogen-bond donors (Lipinski definition) is 1. The van der Waals surface area contributed by atoms with Crippen molar-refractivity contribution in [1.82, 2.24) is 15.1 Å². The molecule has 0 radical (unpaired) electrons. The Balaban J connectivity index is 1.25. The molecule has 1 aromatic heterocycles. The molecule has 1 spiro atoms. The summed E-state index contributed by atoms with van der Waals surface area (Å²) in [5.41, 5.74) is 2.09. The Morgan fingerprint density at radius 2 is 1.93 bits per heavy atom. The van der Waals surface area contributed by atoms with Gasteiger partial charge in [-0.1, -0.05) is 32.4 Å². The van der Waals surface area contributed by atoms with E-state index in [4.69, 9.17) is 11.6 Å². The zero-order valence-electron chi connectivity index (χ0n) is 18.2. The van der Waals surface area contributed by atoms with Gasteiger partial charge in [-0.15, -0.1) is 10.2 Å². The maximum absolute atomic E-state index is 13.5. The van der Waals surface area contributed by atoms with Crippen LogP contribution in [0.3, 0.4) is 0 Å². The van der Waals surface area contributed by atoms with Gasteiger partial charge in [-0.2, -0.15) is 0 Å². The summed E-state index contributed by atoms with van der Waals surface area (Å²) in [6.45, 7) is 11.6. The molecule has 2 aliphatic rings. The Kier molecular flexibility index (Phi) is 6.04. The van der Waals surface area contributed by atoms with Gasteiger partial charge in [-0.25, -0.2) is 4.39 Å². The summed E-state index contributed by atoms with van der Waals surface area (Å²) in [5.74, 6) is 1.15. The molecule has 4 nitrogen and oxygen atoms in total. The second-order valence-electron chi connectivity index (χ2n) is 10.2. The van der Waals surface area contributed by atoms with Gasteiger partial charge in [-0.3, -0.25) is 0 Å². The van der Waals surface area contributed by atoms with Gasteiger partial charge in [0.05, 0.1) is 10.7 Å². The van der Waals surface area contributed by atoms with E-state index in [0.29, 0.717) is 27.1 Å². The summed E-state index contributed by atoms with van der Waals surface area (Å²) in [5, 5.41) is 12.4. The van der Waals surface area contributed by atoms with E-state index in [1.807, 2.05) is 12.1 Å². The highest BCUT2D eigenvalue weighted by atomic mass is 35.5. The fourth-order valence-electron chi connectivity index (χ4n) is 4.54. The van der Waals surface area contributed by atoms with Crippen molar-refractivity contribution in [3.8, 4) is 11.3 Å². The molecule has 1 saturated heterocycles. The molecular weight excluding hydrogens is 399 g/mol. The van der Waals surface area contributed by atoms with Crippen molar-refractivity contribution in [2.24, 2.45) is 16.7 Å². The second-order valence-corrected chi connectivity index (χ2v) is 10.6. The average Bonchev–Trinajstić information content (AvgIpc) is 3.39.